The van der Waals surface area contributed by atoms with E-state index in [-0.39, 0.29) is 5.69 Å². The van der Waals surface area contributed by atoms with E-state index >= 15 is 0 Å². The van der Waals surface area contributed by atoms with E-state index in [0.29, 0.717) is 12.1 Å². The fraction of sp³-hybridized carbons (Fsp3) is 0.0769. The topological polar surface area (TPSA) is 87.8 Å². The normalized spacial score (nSPS) is 12.3. The molecule has 1 amide bonds. The summed E-state index contributed by atoms with van der Waals surface area (Å²) in [4.78, 5) is 26.2. The summed E-state index contributed by atoms with van der Waals surface area (Å²) in [7, 11) is 0. The van der Waals surface area contributed by atoms with Crippen molar-refractivity contribution >= 4 is 17.4 Å². The number of benzene rings is 3. The molecule has 1 atom stereocenters. The van der Waals surface area contributed by atoms with Crippen LogP contribution in [0.5, 0.6) is 0 Å². The number of amides is 1. The molecule has 4 aromatic rings. The highest BCUT2D eigenvalue weighted by atomic mass is 16.2. The molecule has 6 nitrogen and oxygen atoms in total. The van der Waals surface area contributed by atoms with Crippen LogP contribution >= 0.6 is 0 Å². The molecule has 3 aromatic carbocycles. The third-order valence-corrected chi connectivity index (χ3v) is 5.55. The summed E-state index contributed by atoms with van der Waals surface area (Å²) in [6.45, 7) is 0. The van der Waals surface area contributed by atoms with Crippen molar-refractivity contribution in [3.05, 3.63) is 102 Å². The lowest BCUT2D eigenvalue weighted by atomic mass is 9.98. The van der Waals surface area contributed by atoms with Gasteiger partial charge in [-0.2, -0.15) is 10.4 Å². The van der Waals surface area contributed by atoms with Crippen molar-refractivity contribution in [2.24, 2.45) is 5.92 Å². The minimum atomic E-state index is -1.50. The number of fused-ring (bicyclic) bond motifs is 3. The maximum atomic E-state index is 13.4. The monoisotopic (exact) mass is 418 g/mol. The molecule has 32 heavy (non-hydrogen) atoms. The molecular formula is C26H18N4O2. The maximum absolute atomic E-state index is 13.4. The number of carbonyl (C=O) groups is 2. The molecule has 0 fully saturated rings. The third-order valence-electron chi connectivity index (χ3n) is 5.55. The highest BCUT2D eigenvalue weighted by Gasteiger charge is 2.36. The molecular weight excluding hydrogens is 400 g/mol. The van der Waals surface area contributed by atoms with Crippen molar-refractivity contribution in [2.75, 3.05) is 5.32 Å². The van der Waals surface area contributed by atoms with E-state index in [2.05, 4.69) is 10.4 Å². The smallest absolute Gasteiger partial charge is 0.249 e. The van der Waals surface area contributed by atoms with Gasteiger partial charge in [0.2, 0.25) is 11.7 Å². The van der Waals surface area contributed by atoms with Crippen molar-refractivity contribution in [3.63, 3.8) is 0 Å². The molecule has 0 saturated heterocycles. The van der Waals surface area contributed by atoms with E-state index in [0.717, 1.165) is 28.1 Å². The first kappa shape index (κ1) is 19.5. The average Bonchev–Trinajstić information content (AvgIpc) is 3.38. The van der Waals surface area contributed by atoms with E-state index in [1.54, 1.807) is 28.9 Å². The van der Waals surface area contributed by atoms with Gasteiger partial charge in [0.15, 0.2) is 5.92 Å². The molecule has 1 aliphatic rings. The van der Waals surface area contributed by atoms with Gasteiger partial charge in [0.1, 0.15) is 5.69 Å². The highest BCUT2D eigenvalue weighted by molar-refractivity contribution is 6.16. The van der Waals surface area contributed by atoms with Crippen LogP contribution in [0.15, 0.2) is 84.9 Å². The van der Waals surface area contributed by atoms with Crippen LogP contribution in [0.3, 0.4) is 0 Å². The molecule has 5 rings (SSSR count). The van der Waals surface area contributed by atoms with Crippen molar-refractivity contribution in [1.29, 1.82) is 5.26 Å². The zero-order valence-electron chi connectivity index (χ0n) is 17.0. The van der Waals surface area contributed by atoms with Crippen LogP contribution in [0.25, 0.3) is 16.9 Å². The molecule has 6 heteroatoms. The Morgan fingerprint density at radius 1 is 0.938 bits per heavy atom. The molecule has 0 aliphatic heterocycles. The van der Waals surface area contributed by atoms with Gasteiger partial charge in [-0.25, -0.2) is 4.68 Å². The summed E-state index contributed by atoms with van der Waals surface area (Å²) in [6.07, 6.45) is 0.526. The van der Waals surface area contributed by atoms with Gasteiger partial charge in [-0.15, -0.1) is 0 Å². The average molecular weight is 418 g/mol. The van der Waals surface area contributed by atoms with E-state index in [1.807, 2.05) is 66.7 Å². The first-order chi connectivity index (χ1) is 15.7. The molecule has 0 radical (unpaired) electrons. The van der Waals surface area contributed by atoms with Crippen LogP contribution in [0.1, 0.15) is 21.6 Å². The summed E-state index contributed by atoms with van der Waals surface area (Å²) in [5.74, 6) is -2.76. The Labute approximate surface area is 184 Å². The zero-order chi connectivity index (χ0) is 22.1. The number of ketones is 1. The second-order valence-corrected chi connectivity index (χ2v) is 7.54. The molecule has 1 aliphatic carbocycles. The highest BCUT2D eigenvalue weighted by Crippen LogP contribution is 2.40. The van der Waals surface area contributed by atoms with Crippen LogP contribution in [0.2, 0.25) is 0 Å². The molecule has 0 spiro atoms. The Bertz CT molecular complexity index is 1370. The standard InChI is InChI=1S/C26H18N4O2/c27-16-22(26(32)28-18-10-3-1-4-11-18)25(31)23-21-15-17-9-7-8-14-20(17)24(21)30(29-23)19-12-5-2-6-13-19/h1-14,22H,15H2,(H,28,32). The first-order valence-corrected chi connectivity index (χ1v) is 10.2. The lowest BCUT2D eigenvalue weighted by molar-refractivity contribution is -0.117. The molecule has 1 N–H and O–H groups in total. The quantitative estimate of drug-likeness (QED) is 0.338. The van der Waals surface area contributed by atoms with E-state index < -0.39 is 17.6 Å². The molecule has 1 unspecified atom stereocenters. The van der Waals surface area contributed by atoms with Gasteiger partial charge in [-0.3, -0.25) is 9.59 Å². The number of nitrogens with zero attached hydrogens (tertiary/aromatic N) is 3. The third kappa shape index (κ3) is 3.26. The second-order valence-electron chi connectivity index (χ2n) is 7.54. The molecule has 1 heterocycles. The number of anilines is 1. The summed E-state index contributed by atoms with van der Waals surface area (Å²) in [6, 6.07) is 28.1. The van der Waals surface area contributed by atoms with Gasteiger partial charge in [0, 0.05) is 23.2 Å². The number of carbonyl (C=O) groups excluding carboxylic acids is 2. The van der Waals surface area contributed by atoms with Crippen LogP contribution in [-0.2, 0) is 11.2 Å². The van der Waals surface area contributed by atoms with Crippen LogP contribution in [0.4, 0.5) is 5.69 Å². The minimum Gasteiger partial charge on any atom is -0.325 e. The lowest BCUT2D eigenvalue weighted by Crippen LogP contribution is -2.29. The zero-order valence-corrected chi connectivity index (χ0v) is 17.0. The summed E-state index contributed by atoms with van der Waals surface area (Å²) in [5, 5.41) is 16.9. The number of nitrogens with one attached hydrogen (secondary N) is 1. The van der Waals surface area contributed by atoms with Gasteiger partial charge < -0.3 is 5.32 Å². The second kappa shape index (κ2) is 7.97. The largest absolute Gasteiger partial charge is 0.325 e. The van der Waals surface area contributed by atoms with Crippen molar-refractivity contribution in [1.82, 2.24) is 9.78 Å². The number of hydrogen-bond donors (Lipinski definition) is 1. The van der Waals surface area contributed by atoms with Gasteiger partial charge in [0.25, 0.3) is 0 Å². The van der Waals surface area contributed by atoms with Gasteiger partial charge in [-0.1, -0.05) is 60.7 Å². The number of Topliss-reactive ketones (excluding diaryl/α,β-unsaturated/α-hetero) is 1. The minimum absolute atomic E-state index is 0.162. The SMILES string of the molecule is N#CC(C(=O)Nc1ccccc1)C(=O)c1nn(-c2ccccc2)c2c1Cc1ccccc1-2. The van der Waals surface area contributed by atoms with E-state index in [9.17, 15) is 14.9 Å². The fourth-order valence-corrected chi connectivity index (χ4v) is 4.05. The Hall–Kier alpha value is -4.50. The summed E-state index contributed by atoms with van der Waals surface area (Å²) >= 11 is 0. The molecule has 1 aromatic heterocycles. The number of para-hydroxylation sites is 2. The molecule has 0 saturated carbocycles. The number of nitriles is 1. The van der Waals surface area contributed by atoms with Gasteiger partial charge in [0.05, 0.1) is 17.5 Å². The Balaban J connectivity index is 1.57. The van der Waals surface area contributed by atoms with Gasteiger partial charge >= 0.3 is 0 Å². The van der Waals surface area contributed by atoms with E-state index in [1.165, 1.54) is 0 Å². The predicted octanol–water partition coefficient (Wildman–Crippen LogP) is 4.40. The van der Waals surface area contributed by atoms with Crippen molar-refractivity contribution < 1.29 is 9.59 Å². The van der Waals surface area contributed by atoms with Crippen LogP contribution in [0, 0.1) is 17.2 Å². The van der Waals surface area contributed by atoms with Crippen LogP contribution in [-0.4, -0.2) is 21.5 Å². The number of hydrogen-bond acceptors (Lipinski definition) is 4. The molecule has 0 bridgehead atoms. The summed E-state index contributed by atoms with van der Waals surface area (Å²) < 4.78 is 1.73. The molecule has 154 valence electrons. The lowest BCUT2D eigenvalue weighted by Gasteiger charge is -2.09. The van der Waals surface area contributed by atoms with E-state index in [4.69, 9.17) is 0 Å². The Morgan fingerprint density at radius 2 is 1.59 bits per heavy atom. The van der Waals surface area contributed by atoms with Crippen LogP contribution < -0.4 is 5.32 Å². The number of aromatic nitrogens is 2. The van der Waals surface area contributed by atoms with Crippen molar-refractivity contribution in [2.45, 2.75) is 6.42 Å². The number of rotatable bonds is 5. The summed E-state index contributed by atoms with van der Waals surface area (Å²) in [5.41, 5.74) is 5.15. The predicted molar refractivity (Wildman–Crippen MR) is 120 cm³/mol. The Morgan fingerprint density at radius 3 is 2.31 bits per heavy atom. The van der Waals surface area contributed by atoms with Crippen molar-refractivity contribution in [3.8, 4) is 23.0 Å². The maximum Gasteiger partial charge on any atom is 0.249 e. The van der Waals surface area contributed by atoms with Gasteiger partial charge in [-0.05, 0) is 29.8 Å². The Kier molecular flexibility index (Phi) is 4.85. The fourth-order valence-electron chi connectivity index (χ4n) is 4.05. The first-order valence-electron chi connectivity index (χ1n) is 10.2.